The fourth-order valence-electron chi connectivity index (χ4n) is 2.10. The van der Waals surface area contributed by atoms with Gasteiger partial charge in [0.05, 0.1) is 12.3 Å². The summed E-state index contributed by atoms with van der Waals surface area (Å²) in [5.41, 5.74) is 1.19. The van der Waals surface area contributed by atoms with Gasteiger partial charge in [0.25, 0.3) is 5.56 Å². The van der Waals surface area contributed by atoms with E-state index in [1.54, 1.807) is 13.0 Å². The van der Waals surface area contributed by atoms with Crippen LogP contribution in [0, 0.1) is 0 Å². The number of benzene rings is 1. The third kappa shape index (κ3) is 3.62. The molecule has 0 bridgehead atoms. The summed E-state index contributed by atoms with van der Waals surface area (Å²) in [4.78, 5) is 24.0. The minimum absolute atomic E-state index is 0.274. The number of ether oxygens (including phenoxy) is 1. The molecule has 0 aliphatic heterocycles. The van der Waals surface area contributed by atoms with E-state index in [0.29, 0.717) is 12.1 Å². The molecule has 116 valence electrons. The second kappa shape index (κ2) is 7.35. The summed E-state index contributed by atoms with van der Waals surface area (Å²) >= 11 is 3.38. The molecule has 0 N–H and O–H groups in total. The van der Waals surface area contributed by atoms with Crippen molar-refractivity contribution in [3.8, 4) is 11.3 Å². The number of hydrogen-bond acceptors (Lipinski definition) is 4. The summed E-state index contributed by atoms with van der Waals surface area (Å²) in [6.07, 6.45) is 0.440. The Morgan fingerprint density at radius 2 is 1.91 bits per heavy atom. The minimum atomic E-state index is -0.706. The SMILES string of the molecule is CCOC(=O)[C@@H](CC)n1nc(-c2ccc(Br)cc2)ccc1=O. The van der Waals surface area contributed by atoms with Gasteiger partial charge in [0.2, 0.25) is 0 Å². The van der Waals surface area contributed by atoms with E-state index >= 15 is 0 Å². The lowest BCUT2D eigenvalue weighted by atomic mass is 10.1. The molecule has 0 aliphatic carbocycles. The standard InChI is InChI=1S/C16H17BrN2O3/c1-3-14(16(21)22-4-2)19-15(20)10-9-13(18-19)11-5-7-12(17)8-6-11/h5-10,14H,3-4H2,1-2H3/t14-/m1/s1. The molecule has 2 rings (SSSR count). The van der Waals surface area contributed by atoms with Gasteiger partial charge in [0, 0.05) is 16.1 Å². The van der Waals surface area contributed by atoms with Gasteiger partial charge in [-0.3, -0.25) is 4.79 Å². The van der Waals surface area contributed by atoms with Gasteiger partial charge in [-0.1, -0.05) is 35.0 Å². The van der Waals surface area contributed by atoms with Gasteiger partial charge >= 0.3 is 5.97 Å². The lowest BCUT2D eigenvalue weighted by molar-refractivity contribution is -0.147. The average molecular weight is 365 g/mol. The zero-order valence-electron chi connectivity index (χ0n) is 12.5. The summed E-state index contributed by atoms with van der Waals surface area (Å²) in [6, 6.07) is 9.96. The van der Waals surface area contributed by atoms with Crippen LogP contribution in [0.15, 0.2) is 45.7 Å². The summed E-state index contributed by atoms with van der Waals surface area (Å²) < 4.78 is 7.19. The van der Waals surface area contributed by atoms with Crippen molar-refractivity contribution in [1.29, 1.82) is 0 Å². The highest BCUT2D eigenvalue weighted by Gasteiger charge is 2.22. The van der Waals surface area contributed by atoms with Crippen LogP contribution >= 0.6 is 15.9 Å². The second-order valence-corrected chi connectivity index (χ2v) is 5.60. The van der Waals surface area contributed by atoms with E-state index < -0.39 is 12.0 Å². The predicted octanol–water partition coefficient (Wildman–Crippen LogP) is 3.19. The third-order valence-electron chi connectivity index (χ3n) is 3.21. The van der Waals surface area contributed by atoms with Gasteiger partial charge in [0.1, 0.15) is 0 Å². The lowest BCUT2D eigenvalue weighted by Gasteiger charge is -2.16. The van der Waals surface area contributed by atoms with Crippen LogP contribution in [0.1, 0.15) is 26.3 Å². The molecule has 1 atom stereocenters. The highest BCUT2D eigenvalue weighted by Crippen LogP contribution is 2.20. The molecule has 0 amide bonds. The molecule has 0 aliphatic rings. The molecule has 0 spiro atoms. The number of halogens is 1. The first-order chi connectivity index (χ1) is 10.6. The van der Waals surface area contributed by atoms with Gasteiger partial charge in [-0.05, 0) is 31.5 Å². The molecule has 1 aromatic carbocycles. The lowest BCUT2D eigenvalue weighted by Crippen LogP contribution is -2.32. The molecule has 0 fully saturated rings. The maximum Gasteiger partial charge on any atom is 0.331 e. The first-order valence-corrected chi connectivity index (χ1v) is 7.88. The smallest absolute Gasteiger partial charge is 0.331 e. The molecule has 0 saturated heterocycles. The largest absolute Gasteiger partial charge is 0.464 e. The number of carbonyl (C=O) groups excluding carboxylic acids is 1. The van der Waals surface area contributed by atoms with Crippen molar-refractivity contribution in [2.24, 2.45) is 0 Å². The maximum atomic E-state index is 12.1. The van der Waals surface area contributed by atoms with Crippen molar-refractivity contribution in [3.05, 3.63) is 51.2 Å². The zero-order valence-corrected chi connectivity index (χ0v) is 14.0. The number of rotatable bonds is 5. The van der Waals surface area contributed by atoms with Gasteiger partial charge in [-0.25, -0.2) is 9.48 Å². The van der Waals surface area contributed by atoms with Crippen LogP contribution in [-0.2, 0) is 9.53 Å². The highest BCUT2D eigenvalue weighted by atomic mass is 79.9. The minimum Gasteiger partial charge on any atom is -0.464 e. The molecule has 0 radical (unpaired) electrons. The van der Waals surface area contributed by atoms with Crippen LogP contribution < -0.4 is 5.56 Å². The van der Waals surface area contributed by atoms with Crippen LogP contribution in [-0.4, -0.2) is 22.4 Å². The number of hydrogen-bond donors (Lipinski definition) is 0. The molecule has 0 unspecified atom stereocenters. The Morgan fingerprint density at radius 3 is 2.50 bits per heavy atom. The number of esters is 1. The van der Waals surface area contributed by atoms with Gasteiger partial charge < -0.3 is 4.74 Å². The Kier molecular flexibility index (Phi) is 5.49. The van der Waals surface area contributed by atoms with Gasteiger partial charge in [-0.15, -0.1) is 0 Å². The quantitative estimate of drug-likeness (QED) is 0.764. The van der Waals surface area contributed by atoms with Crippen molar-refractivity contribution in [1.82, 2.24) is 9.78 Å². The van der Waals surface area contributed by atoms with Crippen molar-refractivity contribution in [3.63, 3.8) is 0 Å². The number of aromatic nitrogens is 2. The molecular formula is C16H17BrN2O3. The van der Waals surface area contributed by atoms with E-state index in [1.807, 2.05) is 31.2 Å². The van der Waals surface area contributed by atoms with E-state index in [1.165, 1.54) is 10.7 Å². The molecular weight excluding hydrogens is 348 g/mol. The molecule has 6 heteroatoms. The second-order valence-electron chi connectivity index (χ2n) is 4.68. The summed E-state index contributed by atoms with van der Waals surface area (Å²) in [5, 5.41) is 4.33. The Labute approximate surface area is 137 Å². The predicted molar refractivity (Wildman–Crippen MR) is 87.6 cm³/mol. The first kappa shape index (κ1) is 16.4. The van der Waals surface area contributed by atoms with E-state index in [0.717, 1.165) is 10.0 Å². The Bertz CT molecular complexity index is 710. The molecule has 1 aromatic heterocycles. The molecule has 0 saturated carbocycles. The van der Waals surface area contributed by atoms with E-state index in [9.17, 15) is 9.59 Å². The Hall–Kier alpha value is -1.95. The van der Waals surface area contributed by atoms with Crippen LogP contribution in [0.3, 0.4) is 0 Å². The van der Waals surface area contributed by atoms with E-state index in [-0.39, 0.29) is 12.2 Å². The van der Waals surface area contributed by atoms with Crippen molar-refractivity contribution >= 4 is 21.9 Å². The van der Waals surface area contributed by atoms with Crippen LogP contribution in [0.2, 0.25) is 0 Å². The zero-order chi connectivity index (χ0) is 16.1. The summed E-state index contributed by atoms with van der Waals surface area (Å²) in [6.45, 7) is 3.83. The van der Waals surface area contributed by atoms with E-state index in [2.05, 4.69) is 21.0 Å². The van der Waals surface area contributed by atoms with Crippen molar-refractivity contribution < 1.29 is 9.53 Å². The van der Waals surface area contributed by atoms with Crippen LogP contribution in [0.4, 0.5) is 0 Å². The third-order valence-corrected chi connectivity index (χ3v) is 3.73. The number of carbonyl (C=O) groups is 1. The van der Waals surface area contributed by atoms with Gasteiger partial charge in [0.15, 0.2) is 6.04 Å². The topological polar surface area (TPSA) is 61.2 Å². The maximum absolute atomic E-state index is 12.1. The Balaban J connectivity index is 2.43. The van der Waals surface area contributed by atoms with E-state index in [4.69, 9.17) is 4.74 Å². The fourth-order valence-corrected chi connectivity index (χ4v) is 2.37. The highest BCUT2D eigenvalue weighted by molar-refractivity contribution is 9.10. The fraction of sp³-hybridized carbons (Fsp3) is 0.312. The van der Waals surface area contributed by atoms with Crippen molar-refractivity contribution in [2.75, 3.05) is 6.61 Å². The molecule has 5 nitrogen and oxygen atoms in total. The first-order valence-electron chi connectivity index (χ1n) is 7.09. The average Bonchev–Trinajstić information content (AvgIpc) is 2.51. The normalized spacial score (nSPS) is 12.0. The van der Waals surface area contributed by atoms with Gasteiger partial charge in [-0.2, -0.15) is 5.10 Å². The summed E-state index contributed by atoms with van der Waals surface area (Å²) in [7, 11) is 0. The summed E-state index contributed by atoms with van der Waals surface area (Å²) in [5.74, 6) is -0.437. The molecule has 1 heterocycles. The van der Waals surface area contributed by atoms with Crippen molar-refractivity contribution in [2.45, 2.75) is 26.3 Å². The monoisotopic (exact) mass is 364 g/mol. The van der Waals surface area contributed by atoms with Crippen LogP contribution in [0.25, 0.3) is 11.3 Å². The molecule has 2 aromatic rings. The number of nitrogens with zero attached hydrogens (tertiary/aromatic N) is 2. The van der Waals surface area contributed by atoms with Crippen LogP contribution in [0.5, 0.6) is 0 Å². The Morgan fingerprint density at radius 1 is 1.23 bits per heavy atom. The molecule has 22 heavy (non-hydrogen) atoms.